The van der Waals surface area contributed by atoms with Gasteiger partial charge in [-0.25, -0.2) is 0 Å². The second-order valence-corrected chi connectivity index (χ2v) is 6.08. The van der Waals surface area contributed by atoms with Gasteiger partial charge in [0.05, 0.1) is 18.6 Å². The Kier molecular flexibility index (Phi) is 6.73. The van der Waals surface area contributed by atoms with Crippen molar-refractivity contribution in [2.24, 2.45) is 0 Å². The van der Waals surface area contributed by atoms with Gasteiger partial charge in [-0.3, -0.25) is 14.6 Å². The Bertz CT molecular complexity index is 915. The van der Waals surface area contributed by atoms with Gasteiger partial charge in [0, 0.05) is 24.6 Å². The molecule has 0 fully saturated rings. The van der Waals surface area contributed by atoms with Gasteiger partial charge in [0.25, 0.3) is 5.91 Å². The van der Waals surface area contributed by atoms with Crippen LogP contribution in [0.5, 0.6) is 5.75 Å². The van der Waals surface area contributed by atoms with E-state index >= 15 is 0 Å². The Morgan fingerprint density at radius 1 is 0.964 bits per heavy atom. The van der Waals surface area contributed by atoms with Crippen molar-refractivity contribution in [2.45, 2.75) is 13.0 Å². The van der Waals surface area contributed by atoms with Crippen molar-refractivity contribution in [3.05, 3.63) is 90.3 Å². The summed E-state index contributed by atoms with van der Waals surface area (Å²) in [6.45, 7) is 0.692. The number of hydrogen-bond donors (Lipinski definition) is 2. The summed E-state index contributed by atoms with van der Waals surface area (Å²) in [4.78, 5) is 28.1. The van der Waals surface area contributed by atoms with Crippen molar-refractivity contribution in [3.63, 3.8) is 0 Å². The fourth-order valence-electron chi connectivity index (χ4n) is 2.53. The number of amides is 2. The first-order valence-corrected chi connectivity index (χ1v) is 8.95. The smallest absolute Gasteiger partial charge is 0.257 e. The van der Waals surface area contributed by atoms with Gasteiger partial charge in [-0.1, -0.05) is 30.3 Å². The lowest BCUT2D eigenvalue weighted by Gasteiger charge is -2.09. The average Bonchev–Trinajstić information content (AvgIpc) is 2.74. The van der Waals surface area contributed by atoms with E-state index < -0.39 is 0 Å². The Balaban J connectivity index is 1.45. The molecule has 0 atom stereocenters. The molecule has 0 saturated heterocycles. The third kappa shape index (κ3) is 5.95. The van der Waals surface area contributed by atoms with E-state index in [4.69, 9.17) is 4.74 Å². The maximum Gasteiger partial charge on any atom is 0.257 e. The summed E-state index contributed by atoms with van der Waals surface area (Å²) in [5, 5.41) is 5.68. The molecule has 2 N–H and O–H groups in total. The highest BCUT2D eigenvalue weighted by atomic mass is 16.5. The molecule has 0 aliphatic rings. The summed E-state index contributed by atoms with van der Waals surface area (Å²) in [5.41, 5.74) is 2.04. The van der Waals surface area contributed by atoms with Crippen molar-refractivity contribution in [1.82, 2.24) is 10.3 Å². The van der Waals surface area contributed by atoms with E-state index in [2.05, 4.69) is 15.6 Å². The number of ether oxygens (including phenoxy) is 1. The molecule has 0 unspecified atom stereocenters. The molecule has 28 heavy (non-hydrogen) atoms. The summed E-state index contributed by atoms with van der Waals surface area (Å²) >= 11 is 0. The van der Waals surface area contributed by atoms with Crippen LogP contribution in [0, 0.1) is 0 Å². The number of nitrogens with one attached hydrogen (secondary N) is 2. The predicted molar refractivity (Wildman–Crippen MR) is 107 cm³/mol. The topological polar surface area (TPSA) is 80.3 Å². The number of hydrogen-bond acceptors (Lipinski definition) is 4. The van der Waals surface area contributed by atoms with Gasteiger partial charge in [0.1, 0.15) is 5.75 Å². The molecule has 0 aliphatic carbocycles. The van der Waals surface area contributed by atoms with Crippen LogP contribution in [0.25, 0.3) is 0 Å². The van der Waals surface area contributed by atoms with Crippen LogP contribution in [0.2, 0.25) is 0 Å². The largest absolute Gasteiger partial charge is 0.493 e. The van der Waals surface area contributed by atoms with E-state index in [1.807, 2.05) is 48.5 Å². The molecule has 6 nitrogen and oxygen atoms in total. The minimum atomic E-state index is -0.229. The van der Waals surface area contributed by atoms with Gasteiger partial charge >= 0.3 is 0 Å². The number of carbonyl (C=O) groups is 2. The van der Waals surface area contributed by atoms with Crippen LogP contribution in [0.15, 0.2) is 79.1 Å². The van der Waals surface area contributed by atoms with Crippen molar-refractivity contribution in [3.8, 4) is 5.75 Å². The Morgan fingerprint density at radius 2 is 1.82 bits per heavy atom. The van der Waals surface area contributed by atoms with Crippen molar-refractivity contribution < 1.29 is 14.3 Å². The highest BCUT2D eigenvalue weighted by Crippen LogP contribution is 2.12. The van der Waals surface area contributed by atoms with Crippen molar-refractivity contribution in [1.29, 1.82) is 0 Å². The van der Waals surface area contributed by atoms with Crippen LogP contribution in [0.4, 0.5) is 5.69 Å². The fourth-order valence-corrected chi connectivity index (χ4v) is 2.53. The van der Waals surface area contributed by atoms with Gasteiger partial charge in [-0.15, -0.1) is 0 Å². The van der Waals surface area contributed by atoms with Gasteiger partial charge in [-0.05, 0) is 42.0 Å². The highest BCUT2D eigenvalue weighted by molar-refractivity contribution is 6.04. The van der Waals surface area contributed by atoms with E-state index in [0.29, 0.717) is 24.4 Å². The van der Waals surface area contributed by atoms with Crippen LogP contribution in [0.3, 0.4) is 0 Å². The molecular formula is C22H21N3O3. The minimum Gasteiger partial charge on any atom is -0.493 e. The number of para-hydroxylation sites is 1. The van der Waals surface area contributed by atoms with Crippen LogP contribution in [0.1, 0.15) is 22.3 Å². The number of anilines is 1. The van der Waals surface area contributed by atoms with E-state index in [0.717, 1.165) is 11.3 Å². The normalized spacial score (nSPS) is 10.1. The molecule has 3 rings (SSSR count). The first-order chi connectivity index (χ1) is 13.7. The van der Waals surface area contributed by atoms with E-state index in [-0.39, 0.29) is 18.2 Å². The molecule has 0 saturated carbocycles. The van der Waals surface area contributed by atoms with Crippen molar-refractivity contribution >= 4 is 17.5 Å². The molecule has 0 radical (unpaired) electrons. The lowest BCUT2D eigenvalue weighted by molar-refractivity contribution is -0.121. The molecule has 1 heterocycles. The maximum atomic E-state index is 12.2. The molecular weight excluding hydrogens is 354 g/mol. The minimum absolute atomic E-state index is 0.0965. The van der Waals surface area contributed by atoms with Crippen LogP contribution < -0.4 is 15.4 Å². The molecule has 3 aromatic rings. The van der Waals surface area contributed by atoms with Crippen LogP contribution in [-0.2, 0) is 11.3 Å². The third-order valence-electron chi connectivity index (χ3n) is 3.94. The first kappa shape index (κ1) is 19.1. The van der Waals surface area contributed by atoms with E-state index in [1.54, 1.807) is 24.4 Å². The number of aromatic nitrogens is 1. The number of nitrogens with zero attached hydrogens (tertiary/aromatic N) is 1. The number of benzene rings is 2. The summed E-state index contributed by atoms with van der Waals surface area (Å²) in [6, 6.07) is 20.1. The molecule has 0 aliphatic heterocycles. The van der Waals surface area contributed by atoms with Crippen LogP contribution >= 0.6 is 0 Å². The Labute approximate surface area is 163 Å². The van der Waals surface area contributed by atoms with Gasteiger partial charge in [0.15, 0.2) is 0 Å². The summed E-state index contributed by atoms with van der Waals surface area (Å²) in [5.74, 6) is 0.417. The number of rotatable bonds is 8. The second kappa shape index (κ2) is 9.87. The van der Waals surface area contributed by atoms with Crippen LogP contribution in [-0.4, -0.2) is 23.4 Å². The predicted octanol–water partition coefficient (Wildman–Crippen LogP) is 3.42. The molecule has 1 aromatic heterocycles. The second-order valence-electron chi connectivity index (χ2n) is 6.08. The summed E-state index contributed by atoms with van der Waals surface area (Å²) in [6.07, 6.45) is 3.40. The fraction of sp³-hybridized carbons (Fsp3) is 0.136. The monoisotopic (exact) mass is 375 g/mol. The molecule has 142 valence electrons. The highest BCUT2D eigenvalue weighted by Gasteiger charge is 2.07. The first-order valence-electron chi connectivity index (χ1n) is 8.95. The van der Waals surface area contributed by atoms with E-state index in [9.17, 15) is 9.59 Å². The molecule has 2 aromatic carbocycles. The lowest BCUT2D eigenvalue weighted by atomic mass is 10.2. The average molecular weight is 375 g/mol. The Hall–Kier alpha value is -3.67. The lowest BCUT2D eigenvalue weighted by Crippen LogP contribution is -2.24. The Morgan fingerprint density at radius 3 is 2.61 bits per heavy atom. The van der Waals surface area contributed by atoms with Crippen molar-refractivity contribution in [2.75, 3.05) is 11.9 Å². The molecule has 0 spiro atoms. The van der Waals surface area contributed by atoms with Gasteiger partial charge in [0.2, 0.25) is 5.91 Å². The summed E-state index contributed by atoms with van der Waals surface area (Å²) in [7, 11) is 0. The zero-order valence-corrected chi connectivity index (χ0v) is 15.3. The molecule has 2 amide bonds. The SMILES string of the molecule is O=C(CCOc1ccccc1)NCc1cccc(NC(=O)c2cccnc2)c1. The van der Waals surface area contributed by atoms with E-state index in [1.165, 1.54) is 6.20 Å². The zero-order chi connectivity index (χ0) is 19.6. The quantitative estimate of drug-likeness (QED) is 0.632. The summed E-state index contributed by atoms with van der Waals surface area (Å²) < 4.78 is 5.52. The van der Waals surface area contributed by atoms with Gasteiger partial charge in [-0.2, -0.15) is 0 Å². The molecule has 0 bridgehead atoms. The number of pyridine rings is 1. The number of carbonyl (C=O) groups excluding carboxylic acids is 2. The maximum absolute atomic E-state index is 12.2. The third-order valence-corrected chi connectivity index (χ3v) is 3.94. The van der Waals surface area contributed by atoms with Gasteiger partial charge < -0.3 is 15.4 Å². The standard InChI is InChI=1S/C22H21N3O3/c26-21(11-13-28-20-9-2-1-3-10-20)24-15-17-6-4-8-19(14-17)25-22(27)18-7-5-12-23-16-18/h1-10,12,14,16H,11,13,15H2,(H,24,26)(H,25,27). The molecule has 6 heteroatoms. The zero-order valence-electron chi connectivity index (χ0n) is 15.3.